The van der Waals surface area contributed by atoms with E-state index in [4.69, 9.17) is 0 Å². The molecule has 3 aromatic rings. The van der Waals surface area contributed by atoms with Gasteiger partial charge >= 0.3 is 0 Å². The number of aromatic nitrogens is 3. The van der Waals surface area contributed by atoms with E-state index in [0.717, 1.165) is 12.0 Å². The Hall–Kier alpha value is -3.22. The number of amides is 2. The quantitative estimate of drug-likeness (QED) is 0.748. The highest BCUT2D eigenvalue weighted by Crippen LogP contribution is 2.18. The molecular formula is C18H19N5O2. The molecule has 0 aliphatic rings. The largest absolute Gasteiger partial charge is 0.352 e. The summed E-state index contributed by atoms with van der Waals surface area (Å²) >= 11 is 0. The average Bonchev–Trinajstić information content (AvgIpc) is 3.05. The lowest BCUT2D eigenvalue weighted by Crippen LogP contribution is -2.24. The van der Waals surface area contributed by atoms with E-state index in [-0.39, 0.29) is 17.5 Å². The van der Waals surface area contributed by atoms with Crippen LogP contribution in [0, 0.1) is 6.92 Å². The summed E-state index contributed by atoms with van der Waals surface area (Å²) in [6, 6.07) is 6.98. The summed E-state index contributed by atoms with van der Waals surface area (Å²) in [5, 5.41) is 5.64. The van der Waals surface area contributed by atoms with Gasteiger partial charge in [0.25, 0.3) is 11.8 Å². The topological polar surface area (TPSA) is 88.4 Å². The number of fused-ring (bicyclic) bond motifs is 1. The average molecular weight is 337 g/mol. The van der Waals surface area contributed by atoms with Crippen LogP contribution in [0.5, 0.6) is 0 Å². The fourth-order valence-corrected chi connectivity index (χ4v) is 2.36. The van der Waals surface area contributed by atoms with E-state index >= 15 is 0 Å². The second kappa shape index (κ2) is 7.12. The van der Waals surface area contributed by atoms with Crippen molar-refractivity contribution >= 4 is 23.3 Å². The second-order valence-corrected chi connectivity index (χ2v) is 5.69. The first kappa shape index (κ1) is 16.6. The number of rotatable bonds is 5. The molecule has 0 bridgehead atoms. The molecular weight excluding hydrogens is 318 g/mol. The smallest absolute Gasteiger partial charge is 0.275 e. The van der Waals surface area contributed by atoms with Crippen LogP contribution in [-0.2, 0) is 0 Å². The van der Waals surface area contributed by atoms with E-state index in [0.29, 0.717) is 23.6 Å². The van der Waals surface area contributed by atoms with Gasteiger partial charge < -0.3 is 10.6 Å². The van der Waals surface area contributed by atoms with Crippen LogP contribution in [0.25, 0.3) is 5.78 Å². The standard InChI is InChI=1S/C18H19N5O2/c1-3-7-19-16(24)13-6-5-12(2)14(10-13)21-17(25)15-11-23-9-4-8-20-18(23)22-15/h4-6,8-11H,3,7H2,1-2H3,(H,19,24)(H,21,25). The maximum absolute atomic E-state index is 12.5. The van der Waals surface area contributed by atoms with E-state index in [9.17, 15) is 9.59 Å². The van der Waals surface area contributed by atoms with Gasteiger partial charge in [0.1, 0.15) is 5.69 Å². The van der Waals surface area contributed by atoms with Crippen LogP contribution in [0.15, 0.2) is 42.9 Å². The molecule has 0 aliphatic carbocycles. The van der Waals surface area contributed by atoms with Crippen molar-refractivity contribution in [2.75, 3.05) is 11.9 Å². The lowest BCUT2D eigenvalue weighted by molar-refractivity contribution is 0.0952. The minimum Gasteiger partial charge on any atom is -0.352 e. The molecule has 1 aromatic carbocycles. The van der Waals surface area contributed by atoms with Crippen LogP contribution < -0.4 is 10.6 Å². The lowest BCUT2D eigenvalue weighted by Gasteiger charge is -2.10. The summed E-state index contributed by atoms with van der Waals surface area (Å²) in [6.07, 6.45) is 5.87. The third-order valence-corrected chi connectivity index (χ3v) is 3.75. The highest BCUT2D eigenvalue weighted by molar-refractivity contribution is 6.04. The van der Waals surface area contributed by atoms with Gasteiger partial charge in [-0.2, -0.15) is 0 Å². The van der Waals surface area contributed by atoms with E-state index in [2.05, 4.69) is 20.6 Å². The summed E-state index contributed by atoms with van der Waals surface area (Å²) in [7, 11) is 0. The Morgan fingerprint density at radius 1 is 1.24 bits per heavy atom. The number of imidazole rings is 1. The lowest BCUT2D eigenvalue weighted by atomic mass is 10.1. The van der Waals surface area contributed by atoms with Crippen LogP contribution in [0.4, 0.5) is 5.69 Å². The maximum Gasteiger partial charge on any atom is 0.275 e. The summed E-state index contributed by atoms with van der Waals surface area (Å²) in [6.45, 7) is 4.47. The Bertz CT molecular complexity index is 899. The van der Waals surface area contributed by atoms with Crippen molar-refractivity contribution < 1.29 is 9.59 Å². The molecule has 128 valence electrons. The Balaban J connectivity index is 1.81. The third kappa shape index (κ3) is 3.65. The Labute approximate surface area is 145 Å². The molecule has 2 amide bonds. The molecule has 0 saturated heterocycles. The maximum atomic E-state index is 12.5. The molecule has 7 nitrogen and oxygen atoms in total. The first-order valence-electron chi connectivity index (χ1n) is 8.08. The van der Waals surface area contributed by atoms with Gasteiger partial charge in [-0.3, -0.25) is 14.0 Å². The van der Waals surface area contributed by atoms with Crippen molar-refractivity contribution in [1.29, 1.82) is 0 Å². The van der Waals surface area contributed by atoms with Crippen molar-refractivity contribution in [2.24, 2.45) is 0 Å². The van der Waals surface area contributed by atoms with Gasteiger partial charge in [0.05, 0.1) is 0 Å². The van der Waals surface area contributed by atoms with Crippen molar-refractivity contribution in [3.8, 4) is 0 Å². The van der Waals surface area contributed by atoms with Crippen LogP contribution in [0.3, 0.4) is 0 Å². The number of nitrogens with one attached hydrogen (secondary N) is 2. The minimum absolute atomic E-state index is 0.158. The van der Waals surface area contributed by atoms with Gasteiger partial charge in [0, 0.05) is 36.4 Å². The minimum atomic E-state index is -0.347. The number of benzene rings is 1. The van der Waals surface area contributed by atoms with Gasteiger partial charge in [-0.1, -0.05) is 13.0 Å². The Kier molecular flexibility index (Phi) is 4.74. The van der Waals surface area contributed by atoms with Gasteiger partial charge in [-0.15, -0.1) is 0 Å². The number of hydrogen-bond donors (Lipinski definition) is 2. The zero-order valence-electron chi connectivity index (χ0n) is 14.1. The summed E-state index contributed by atoms with van der Waals surface area (Å²) in [5.41, 5.74) is 2.21. The first-order chi connectivity index (χ1) is 12.1. The summed E-state index contributed by atoms with van der Waals surface area (Å²) < 4.78 is 1.68. The molecule has 7 heteroatoms. The van der Waals surface area contributed by atoms with Crippen molar-refractivity contribution in [2.45, 2.75) is 20.3 Å². The Morgan fingerprint density at radius 2 is 2.08 bits per heavy atom. The van der Waals surface area contributed by atoms with Crippen molar-refractivity contribution in [1.82, 2.24) is 19.7 Å². The molecule has 3 rings (SSSR count). The van der Waals surface area contributed by atoms with Gasteiger partial charge in [0.2, 0.25) is 5.78 Å². The number of anilines is 1. The highest BCUT2D eigenvalue weighted by atomic mass is 16.2. The monoisotopic (exact) mass is 337 g/mol. The van der Waals surface area contributed by atoms with Crippen molar-refractivity contribution in [3.05, 3.63) is 59.7 Å². The molecule has 0 atom stereocenters. The number of hydrogen-bond acceptors (Lipinski definition) is 4. The molecule has 0 aliphatic heterocycles. The Morgan fingerprint density at radius 3 is 2.84 bits per heavy atom. The number of carbonyl (C=O) groups excluding carboxylic acids is 2. The predicted octanol–water partition coefficient (Wildman–Crippen LogP) is 2.43. The van der Waals surface area contributed by atoms with E-state index in [1.54, 1.807) is 41.2 Å². The number of aryl methyl sites for hydroxylation is 1. The molecule has 0 fully saturated rings. The second-order valence-electron chi connectivity index (χ2n) is 5.69. The molecule has 0 saturated carbocycles. The fraction of sp³-hybridized carbons (Fsp3) is 0.222. The molecule has 0 radical (unpaired) electrons. The van der Waals surface area contributed by atoms with Crippen LogP contribution in [-0.4, -0.2) is 32.7 Å². The summed E-state index contributed by atoms with van der Waals surface area (Å²) in [5.74, 6) is -0.0499. The van der Waals surface area contributed by atoms with Crippen molar-refractivity contribution in [3.63, 3.8) is 0 Å². The molecule has 0 spiro atoms. The van der Waals surface area contributed by atoms with Crippen LogP contribution >= 0.6 is 0 Å². The zero-order valence-corrected chi connectivity index (χ0v) is 14.1. The van der Waals surface area contributed by atoms with E-state index < -0.39 is 0 Å². The number of nitrogens with zero attached hydrogens (tertiary/aromatic N) is 3. The van der Waals surface area contributed by atoms with Gasteiger partial charge in [-0.05, 0) is 37.1 Å². The first-order valence-corrected chi connectivity index (χ1v) is 8.08. The molecule has 25 heavy (non-hydrogen) atoms. The molecule has 2 aromatic heterocycles. The third-order valence-electron chi connectivity index (χ3n) is 3.75. The van der Waals surface area contributed by atoms with E-state index in [1.165, 1.54) is 0 Å². The molecule has 2 N–H and O–H groups in total. The predicted molar refractivity (Wildman–Crippen MR) is 94.7 cm³/mol. The SMILES string of the molecule is CCCNC(=O)c1ccc(C)c(NC(=O)c2cn3cccnc3n2)c1. The van der Waals surface area contributed by atoms with Crippen LogP contribution in [0.2, 0.25) is 0 Å². The van der Waals surface area contributed by atoms with Gasteiger partial charge in [-0.25, -0.2) is 9.97 Å². The van der Waals surface area contributed by atoms with Gasteiger partial charge in [0.15, 0.2) is 0 Å². The fourth-order valence-electron chi connectivity index (χ4n) is 2.36. The van der Waals surface area contributed by atoms with Crippen LogP contribution in [0.1, 0.15) is 39.8 Å². The normalized spacial score (nSPS) is 10.6. The molecule has 2 heterocycles. The zero-order chi connectivity index (χ0) is 17.8. The molecule has 0 unspecified atom stereocenters. The van der Waals surface area contributed by atoms with E-state index in [1.807, 2.05) is 19.9 Å². The summed E-state index contributed by atoms with van der Waals surface area (Å²) in [4.78, 5) is 32.9. The highest BCUT2D eigenvalue weighted by Gasteiger charge is 2.14. The number of carbonyl (C=O) groups is 2.